The lowest BCUT2D eigenvalue weighted by Crippen LogP contribution is -2.34. The molecule has 3 N–H and O–H groups in total. The van der Waals surface area contributed by atoms with Gasteiger partial charge < -0.3 is 10.5 Å². The summed E-state index contributed by atoms with van der Waals surface area (Å²) in [5.74, 6) is -0.355. The van der Waals surface area contributed by atoms with Crippen molar-refractivity contribution < 1.29 is 26.3 Å². The highest BCUT2D eigenvalue weighted by atomic mass is 32.2. The Morgan fingerprint density at radius 2 is 1.45 bits per heavy atom. The fourth-order valence-corrected chi connectivity index (χ4v) is 4.68. The molecule has 0 fully saturated rings. The van der Waals surface area contributed by atoms with Gasteiger partial charge in [-0.1, -0.05) is 36.4 Å². The zero-order valence-electron chi connectivity index (χ0n) is 19.8. The van der Waals surface area contributed by atoms with Crippen molar-refractivity contribution in [1.29, 1.82) is 5.26 Å². The molecule has 38 heavy (non-hydrogen) atoms. The molecule has 1 unspecified atom stereocenters. The van der Waals surface area contributed by atoms with E-state index in [1.54, 1.807) is 31.2 Å². The average Bonchev–Trinajstić information content (AvgIpc) is 2.88. The van der Waals surface area contributed by atoms with E-state index in [1.807, 2.05) is 6.07 Å². The highest BCUT2D eigenvalue weighted by Crippen LogP contribution is 2.32. The van der Waals surface area contributed by atoms with Crippen molar-refractivity contribution in [1.82, 2.24) is 9.97 Å². The molecule has 4 aromatic rings. The fourth-order valence-electron chi connectivity index (χ4n) is 3.66. The molecule has 0 radical (unpaired) electrons. The first-order valence-electron chi connectivity index (χ1n) is 11.0. The van der Waals surface area contributed by atoms with E-state index in [1.165, 1.54) is 60.9 Å². The molecule has 0 bridgehead atoms. The second-order valence-electron chi connectivity index (χ2n) is 8.35. The molecular formula is C26H20F3N5O3S. The van der Waals surface area contributed by atoms with Crippen LogP contribution in [0.2, 0.25) is 0 Å². The maximum atomic E-state index is 12.9. The largest absolute Gasteiger partial charge is 0.573 e. The molecule has 0 saturated heterocycles. The predicted molar refractivity (Wildman–Crippen MR) is 133 cm³/mol. The molecule has 3 aromatic carbocycles. The summed E-state index contributed by atoms with van der Waals surface area (Å²) < 4.78 is 69.4. The van der Waals surface area contributed by atoms with E-state index in [-0.39, 0.29) is 22.2 Å². The van der Waals surface area contributed by atoms with Crippen molar-refractivity contribution in [3.63, 3.8) is 0 Å². The van der Waals surface area contributed by atoms with E-state index < -0.39 is 21.9 Å². The van der Waals surface area contributed by atoms with Crippen LogP contribution in [0.15, 0.2) is 90.1 Å². The smallest absolute Gasteiger partial charge is 0.406 e. The molecule has 1 heterocycles. The summed E-state index contributed by atoms with van der Waals surface area (Å²) in [4.78, 5) is 8.36. The van der Waals surface area contributed by atoms with Gasteiger partial charge in [-0.05, 0) is 54.4 Å². The third-order valence-corrected chi connectivity index (χ3v) is 7.02. The number of halogens is 3. The SMILES string of the molecule is CC(N)(c1ccc(OC(F)(F)F)cc1)c1ccc(-c2nccnc2NS(=O)(=O)c2ccc(C#N)cc2)cc1. The molecule has 0 amide bonds. The molecule has 1 aromatic heterocycles. The molecule has 0 aliphatic rings. The van der Waals surface area contributed by atoms with Gasteiger partial charge in [0, 0.05) is 18.0 Å². The Morgan fingerprint density at radius 3 is 2.00 bits per heavy atom. The third kappa shape index (κ3) is 5.91. The van der Waals surface area contributed by atoms with E-state index in [0.29, 0.717) is 22.3 Å². The second kappa shape index (κ2) is 10.1. The molecule has 0 aliphatic heterocycles. The minimum atomic E-state index is -4.79. The van der Waals surface area contributed by atoms with Gasteiger partial charge >= 0.3 is 6.36 Å². The number of ether oxygens (including phenoxy) is 1. The molecule has 0 spiro atoms. The summed E-state index contributed by atoms with van der Waals surface area (Å²) >= 11 is 0. The van der Waals surface area contributed by atoms with Crippen LogP contribution in [0.3, 0.4) is 0 Å². The number of nitrogens with zero attached hydrogens (tertiary/aromatic N) is 3. The van der Waals surface area contributed by atoms with Gasteiger partial charge in [0.15, 0.2) is 5.82 Å². The zero-order chi connectivity index (χ0) is 27.6. The normalized spacial score (nSPS) is 13.3. The highest BCUT2D eigenvalue weighted by molar-refractivity contribution is 7.92. The summed E-state index contributed by atoms with van der Waals surface area (Å²) in [5.41, 5.74) is 7.80. The lowest BCUT2D eigenvalue weighted by Gasteiger charge is -2.26. The predicted octanol–water partition coefficient (Wildman–Crippen LogP) is 4.94. The van der Waals surface area contributed by atoms with Crippen LogP contribution in [0.25, 0.3) is 11.3 Å². The number of sulfonamides is 1. The number of rotatable bonds is 7. The zero-order valence-corrected chi connectivity index (χ0v) is 20.6. The van der Waals surface area contributed by atoms with Crippen LogP contribution >= 0.6 is 0 Å². The molecule has 12 heteroatoms. The summed E-state index contributed by atoms with van der Waals surface area (Å²) in [6.07, 6.45) is -2.03. The Hall–Kier alpha value is -4.47. The summed E-state index contributed by atoms with van der Waals surface area (Å²) in [5, 5.41) is 8.93. The van der Waals surface area contributed by atoms with E-state index in [2.05, 4.69) is 19.4 Å². The molecule has 0 aliphatic carbocycles. The van der Waals surface area contributed by atoms with Crippen molar-refractivity contribution in [2.75, 3.05) is 4.72 Å². The van der Waals surface area contributed by atoms with Gasteiger partial charge in [0.1, 0.15) is 11.4 Å². The lowest BCUT2D eigenvalue weighted by atomic mass is 9.85. The Morgan fingerprint density at radius 1 is 0.895 bits per heavy atom. The van der Waals surface area contributed by atoms with Crippen LogP contribution in [0.4, 0.5) is 19.0 Å². The number of nitriles is 1. The first-order chi connectivity index (χ1) is 17.9. The van der Waals surface area contributed by atoms with Crippen molar-refractivity contribution in [3.05, 3.63) is 102 Å². The van der Waals surface area contributed by atoms with E-state index in [9.17, 15) is 21.6 Å². The van der Waals surface area contributed by atoms with E-state index in [4.69, 9.17) is 11.0 Å². The second-order valence-corrected chi connectivity index (χ2v) is 10.0. The van der Waals surface area contributed by atoms with Crippen LogP contribution in [-0.4, -0.2) is 24.7 Å². The topological polar surface area (TPSA) is 131 Å². The first-order valence-corrected chi connectivity index (χ1v) is 12.5. The third-order valence-electron chi connectivity index (χ3n) is 5.67. The maximum absolute atomic E-state index is 12.9. The Bertz CT molecular complexity index is 1580. The number of benzene rings is 3. The van der Waals surface area contributed by atoms with Gasteiger partial charge in [0.25, 0.3) is 10.0 Å². The van der Waals surface area contributed by atoms with Crippen molar-refractivity contribution in [2.24, 2.45) is 5.73 Å². The van der Waals surface area contributed by atoms with Crippen molar-refractivity contribution in [3.8, 4) is 23.1 Å². The van der Waals surface area contributed by atoms with Crippen LogP contribution in [0.5, 0.6) is 5.75 Å². The number of anilines is 1. The first kappa shape index (κ1) is 26.6. The Labute approximate surface area is 216 Å². The minimum absolute atomic E-state index is 0.000346. The van der Waals surface area contributed by atoms with Crippen molar-refractivity contribution >= 4 is 15.8 Å². The van der Waals surface area contributed by atoms with Crippen LogP contribution in [-0.2, 0) is 15.6 Å². The van der Waals surface area contributed by atoms with E-state index in [0.717, 1.165) is 0 Å². The monoisotopic (exact) mass is 539 g/mol. The van der Waals surface area contributed by atoms with Gasteiger partial charge in [-0.25, -0.2) is 13.4 Å². The number of alkyl halides is 3. The highest BCUT2D eigenvalue weighted by Gasteiger charge is 2.31. The fraction of sp³-hybridized carbons (Fsp3) is 0.115. The molecule has 1 atom stereocenters. The van der Waals surface area contributed by atoms with Gasteiger partial charge in [-0.2, -0.15) is 5.26 Å². The van der Waals surface area contributed by atoms with Gasteiger partial charge in [-0.15, -0.1) is 13.2 Å². The van der Waals surface area contributed by atoms with E-state index >= 15 is 0 Å². The quantitative estimate of drug-likeness (QED) is 0.340. The van der Waals surface area contributed by atoms with Gasteiger partial charge in [0.05, 0.1) is 22.1 Å². The molecule has 0 saturated carbocycles. The average molecular weight is 540 g/mol. The van der Waals surface area contributed by atoms with Gasteiger partial charge in [0.2, 0.25) is 0 Å². The molecule has 8 nitrogen and oxygen atoms in total. The summed E-state index contributed by atoms with van der Waals surface area (Å²) in [6, 6.07) is 19.4. The van der Waals surface area contributed by atoms with Crippen LogP contribution in [0.1, 0.15) is 23.6 Å². The maximum Gasteiger partial charge on any atom is 0.573 e. The summed E-state index contributed by atoms with van der Waals surface area (Å²) in [6.45, 7) is 1.71. The van der Waals surface area contributed by atoms with Gasteiger partial charge in [-0.3, -0.25) is 9.71 Å². The Balaban J connectivity index is 1.58. The number of hydrogen-bond acceptors (Lipinski definition) is 7. The van der Waals surface area contributed by atoms with Crippen molar-refractivity contribution in [2.45, 2.75) is 23.7 Å². The lowest BCUT2D eigenvalue weighted by molar-refractivity contribution is -0.274. The number of hydrogen-bond donors (Lipinski definition) is 2. The molecule has 4 rings (SSSR count). The standard InChI is InChI=1S/C26H20F3N5O3S/c1-25(31,20-8-10-21(11-9-20)37-26(27,28)29)19-6-4-18(5-7-19)23-24(33-15-14-32-23)34-38(35,36)22-12-2-17(16-30)3-13-22/h2-15H,31H2,1H3,(H,33,34). The minimum Gasteiger partial charge on any atom is -0.406 e. The van der Waals surface area contributed by atoms with Crippen LogP contribution in [0, 0.1) is 11.3 Å². The van der Waals surface area contributed by atoms with Crippen LogP contribution < -0.4 is 15.2 Å². The molecular weight excluding hydrogens is 519 g/mol. The number of aromatic nitrogens is 2. The summed E-state index contributed by atoms with van der Waals surface area (Å²) in [7, 11) is -4.01. The Kier molecular flexibility index (Phi) is 7.08. The molecule has 194 valence electrons. The number of nitrogens with one attached hydrogen (secondary N) is 1. The number of nitrogens with two attached hydrogens (primary N) is 1.